The maximum atomic E-state index is 12.5. The number of piperidine rings is 1. The van der Waals surface area contributed by atoms with E-state index in [0.29, 0.717) is 38.3 Å². The second kappa shape index (κ2) is 7.37. The third kappa shape index (κ3) is 4.46. The molecule has 1 aromatic carbocycles. The summed E-state index contributed by atoms with van der Waals surface area (Å²) in [5, 5.41) is 7.20. The van der Waals surface area contributed by atoms with Gasteiger partial charge in [-0.1, -0.05) is 30.3 Å². The van der Waals surface area contributed by atoms with Gasteiger partial charge in [-0.05, 0) is 18.4 Å². The number of hydrogen-bond acceptors (Lipinski definition) is 4. The van der Waals surface area contributed by atoms with Gasteiger partial charge in [0.1, 0.15) is 5.82 Å². The van der Waals surface area contributed by atoms with Crippen LogP contribution in [0.2, 0.25) is 0 Å². The molecule has 25 heavy (non-hydrogen) atoms. The Morgan fingerprint density at radius 1 is 1.20 bits per heavy atom. The smallest absolute Gasteiger partial charge is 0.228 e. The number of hydrogen-bond donors (Lipinski definition) is 1. The second-order valence-electron chi connectivity index (χ2n) is 6.29. The summed E-state index contributed by atoms with van der Waals surface area (Å²) in [7, 11) is -3.18. The molecule has 1 aromatic heterocycles. The molecule has 1 aliphatic heterocycles. The van der Waals surface area contributed by atoms with Gasteiger partial charge in [0.15, 0.2) is 0 Å². The van der Waals surface area contributed by atoms with E-state index in [9.17, 15) is 13.2 Å². The van der Waals surface area contributed by atoms with Crippen molar-refractivity contribution in [3.05, 3.63) is 48.2 Å². The first-order valence-electron chi connectivity index (χ1n) is 8.25. The van der Waals surface area contributed by atoms with Gasteiger partial charge in [0.25, 0.3) is 0 Å². The highest BCUT2D eigenvalue weighted by molar-refractivity contribution is 7.88. The standard InChI is InChI=1S/C17H22N4O3S/c1-25(23,24)20-11-8-15(9-12-20)17(22)19-16-7-10-18-21(16)13-14-5-3-2-4-6-14/h2-7,10,15H,8-9,11-13H2,1H3,(H,19,22). The zero-order chi connectivity index (χ0) is 17.9. The van der Waals surface area contributed by atoms with Crippen LogP contribution in [0.25, 0.3) is 0 Å². The second-order valence-corrected chi connectivity index (χ2v) is 8.27. The number of sulfonamides is 1. The molecule has 1 aliphatic rings. The Hall–Kier alpha value is -2.19. The SMILES string of the molecule is CS(=O)(=O)N1CCC(C(=O)Nc2ccnn2Cc2ccccc2)CC1. The number of nitrogens with one attached hydrogen (secondary N) is 1. The minimum absolute atomic E-state index is 0.0806. The molecule has 0 spiro atoms. The van der Waals surface area contributed by atoms with E-state index in [4.69, 9.17) is 0 Å². The molecule has 0 radical (unpaired) electrons. The molecule has 2 heterocycles. The van der Waals surface area contributed by atoms with Crippen LogP contribution < -0.4 is 5.32 Å². The molecule has 8 heteroatoms. The average Bonchev–Trinajstić information content (AvgIpc) is 3.02. The highest BCUT2D eigenvalue weighted by Crippen LogP contribution is 2.21. The van der Waals surface area contributed by atoms with Crippen LogP contribution in [0.3, 0.4) is 0 Å². The summed E-state index contributed by atoms with van der Waals surface area (Å²) in [6.45, 7) is 1.36. The number of carbonyl (C=O) groups is 1. The van der Waals surface area contributed by atoms with Crippen molar-refractivity contribution in [2.75, 3.05) is 24.7 Å². The van der Waals surface area contributed by atoms with E-state index in [1.54, 1.807) is 16.9 Å². The van der Waals surface area contributed by atoms with E-state index >= 15 is 0 Å². The van der Waals surface area contributed by atoms with Crippen molar-refractivity contribution in [1.82, 2.24) is 14.1 Å². The highest BCUT2D eigenvalue weighted by atomic mass is 32.2. The number of amides is 1. The monoisotopic (exact) mass is 362 g/mol. The van der Waals surface area contributed by atoms with E-state index in [1.165, 1.54) is 10.6 Å². The third-order valence-electron chi connectivity index (χ3n) is 4.44. The first-order valence-corrected chi connectivity index (χ1v) is 10.1. The maximum absolute atomic E-state index is 12.5. The van der Waals surface area contributed by atoms with Gasteiger partial charge in [-0.2, -0.15) is 5.10 Å². The molecular formula is C17H22N4O3S. The fourth-order valence-corrected chi connectivity index (χ4v) is 3.87. The quantitative estimate of drug-likeness (QED) is 0.874. The lowest BCUT2D eigenvalue weighted by atomic mass is 9.97. The summed E-state index contributed by atoms with van der Waals surface area (Å²) in [6, 6.07) is 11.7. The topological polar surface area (TPSA) is 84.3 Å². The summed E-state index contributed by atoms with van der Waals surface area (Å²) in [4.78, 5) is 12.5. The Bertz CT molecular complexity index is 825. The summed E-state index contributed by atoms with van der Waals surface area (Å²) in [5.74, 6) is 0.389. The Morgan fingerprint density at radius 3 is 2.52 bits per heavy atom. The maximum Gasteiger partial charge on any atom is 0.228 e. The summed E-state index contributed by atoms with van der Waals surface area (Å²) in [5.41, 5.74) is 1.10. The van der Waals surface area contributed by atoms with Gasteiger partial charge in [-0.25, -0.2) is 17.4 Å². The van der Waals surface area contributed by atoms with Gasteiger partial charge < -0.3 is 5.32 Å². The zero-order valence-corrected chi connectivity index (χ0v) is 14.9. The van der Waals surface area contributed by atoms with Gasteiger partial charge in [0.05, 0.1) is 19.0 Å². The van der Waals surface area contributed by atoms with Crippen molar-refractivity contribution >= 4 is 21.7 Å². The number of anilines is 1. The van der Waals surface area contributed by atoms with Crippen molar-refractivity contribution in [3.63, 3.8) is 0 Å². The number of carbonyl (C=O) groups excluding carboxylic acids is 1. The van der Waals surface area contributed by atoms with Crippen LogP contribution in [-0.4, -0.2) is 47.8 Å². The molecule has 1 amide bonds. The van der Waals surface area contributed by atoms with Gasteiger partial charge in [-0.3, -0.25) is 4.79 Å². The molecule has 0 saturated carbocycles. The van der Waals surface area contributed by atoms with Crippen molar-refractivity contribution < 1.29 is 13.2 Å². The predicted molar refractivity (Wildman–Crippen MR) is 95.5 cm³/mol. The van der Waals surface area contributed by atoms with Crippen molar-refractivity contribution in [1.29, 1.82) is 0 Å². The fourth-order valence-electron chi connectivity index (χ4n) is 3.00. The number of aromatic nitrogens is 2. The molecule has 134 valence electrons. The first kappa shape index (κ1) is 17.6. The minimum Gasteiger partial charge on any atom is -0.311 e. The number of benzene rings is 1. The Labute approximate surface area is 147 Å². The molecule has 0 unspecified atom stereocenters. The molecule has 1 saturated heterocycles. The summed E-state index contributed by atoms with van der Waals surface area (Å²) < 4.78 is 26.3. The molecule has 1 N–H and O–H groups in total. The lowest BCUT2D eigenvalue weighted by Gasteiger charge is -2.29. The zero-order valence-electron chi connectivity index (χ0n) is 14.1. The van der Waals surface area contributed by atoms with Crippen LogP contribution in [0.15, 0.2) is 42.6 Å². The number of rotatable bonds is 5. The Balaban J connectivity index is 1.60. The third-order valence-corrected chi connectivity index (χ3v) is 5.74. The fraction of sp³-hybridized carbons (Fsp3) is 0.412. The van der Waals surface area contributed by atoms with Crippen molar-refractivity contribution in [3.8, 4) is 0 Å². The van der Waals surface area contributed by atoms with E-state index in [1.807, 2.05) is 30.3 Å². The molecule has 1 fully saturated rings. The van der Waals surface area contributed by atoms with E-state index in [-0.39, 0.29) is 11.8 Å². The van der Waals surface area contributed by atoms with Gasteiger partial charge in [0.2, 0.25) is 15.9 Å². The molecular weight excluding hydrogens is 340 g/mol. The molecule has 0 aliphatic carbocycles. The van der Waals surface area contributed by atoms with Crippen LogP contribution >= 0.6 is 0 Å². The van der Waals surface area contributed by atoms with Crippen LogP contribution in [-0.2, 0) is 21.4 Å². The van der Waals surface area contributed by atoms with Crippen molar-refractivity contribution in [2.24, 2.45) is 5.92 Å². The van der Waals surface area contributed by atoms with E-state index < -0.39 is 10.0 Å². The Kier molecular flexibility index (Phi) is 5.19. The first-order chi connectivity index (χ1) is 11.9. The van der Waals surface area contributed by atoms with Crippen molar-refractivity contribution in [2.45, 2.75) is 19.4 Å². The predicted octanol–water partition coefficient (Wildman–Crippen LogP) is 1.54. The van der Waals surface area contributed by atoms with Gasteiger partial charge in [0, 0.05) is 25.1 Å². The van der Waals surface area contributed by atoms with E-state index in [2.05, 4.69) is 10.4 Å². The minimum atomic E-state index is -3.18. The lowest BCUT2D eigenvalue weighted by Crippen LogP contribution is -2.41. The molecule has 0 atom stereocenters. The van der Waals surface area contributed by atoms with E-state index in [0.717, 1.165) is 5.56 Å². The summed E-state index contributed by atoms with van der Waals surface area (Å²) >= 11 is 0. The lowest BCUT2D eigenvalue weighted by molar-refractivity contribution is -0.121. The van der Waals surface area contributed by atoms with Gasteiger partial charge >= 0.3 is 0 Å². The van der Waals surface area contributed by atoms with Gasteiger partial charge in [-0.15, -0.1) is 0 Å². The average molecular weight is 362 g/mol. The van der Waals surface area contributed by atoms with Crippen LogP contribution in [0, 0.1) is 5.92 Å². The Morgan fingerprint density at radius 2 is 1.88 bits per heavy atom. The molecule has 3 rings (SSSR count). The largest absolute Gasteiger partial charge is 0.311 e. The summed E-state index contributed by atoms with van der Waals surface area (Å²) in [6.07, 6.45) is 3.93. The van der Waals surface area contributed by atoms with Crippen LogP contribution in [0.1, 0.15) is 18.4 Å². The van der Waals surface area contributed by atoms with Crippen LogP contribution in [0.5, 0.6) is 0 Å². The molecule has 2 aromatic rings. The number of nitrogens with zero attached hydrogens (tertiary/aromatic N) is 3. The van der Waals surface area contributed by atoms with Crippen LogP contribution in [0.4, 0.5) is 5.82 Å². The molecule has 0 bridgehead atoms. The highest BCUT2D eigenvalue weighted by Gasteiger charge is 2.29. The molecule has 7 nitrogen and oxygen atoms in total. The normalized spacial score (nSPS) is 16.7.